The molecule has 1 N–H and O–H groups in total. The number of hydrogen-bond donors (Lipinski definition) is 1. The van der Waals surface area contributed by atoms with E-state index < -0.39 is 0 Å². The summed E-state index contributed by atoms with van der Waals surface area (Å²) in [7, 11) is 3.38. The van der Waals surface area contributed by atoms with Gasteiger partial charge in [0, 0.05) is 63.2 Å². The third-order valence-electron chi connectivity index (χ3n) is 6.49. The number of anilines is 1. The molecule has 0 spiro atoms. The lowest BCUT2D eigenvalue weighted by Crippen LogP contribution is -2.60. The summed E-state index contributed by atoms with van der Waals surface area (Å²) < 4.78 is 10.6. The van der Waals surface area contributed by atoms with E-state index in [0.717, 1.165) is 49.8 Å². The summed E-state index contributed by atoms with van der Waals surface area (Å²) in [6.07, 6.45) is 1.56. The Morgan fingerprint density at radius 3 is 2.72 bits per heavy atom. The second-order valence-electron chi connectivity index (χ2n) is 8.56. The minimum atomic E-state index is -0.0912. The van der Waals surface area contributed by atoms with Gasteiger partial charge in [-0.1, -0.05) is 29.8 Å². The number of methoxy groups -OCH3 is 2. The van der Waals surface area contributed by atoms with Gasteiger partial charge in [0.05, 0.1) is 19.1 Å². The van der Waals surface area contributed by atoms with Crippen LogP contribution in [0.2, 0.25) is 5.02 Å². The zero-order chi connectivity index (χ0) is 22.5. The van der Waals surface area contributed by atoms with Crippen molar-refractivity contribution < 1.29 is 14.3 Å². The lowest BCUT2D eigenvalue weighted by Gasteiger charge is -2.49. The van der Waals surface area contributed by atoms with Crippen LogP contribution in [0.15, 0.2) is 42.5 Å². The maximum absolute atomic E-state index is 13.2. The number of carbonyl (C=O) groups excluding carboxylic acids is 1. The van der Waals surface area contributed by atoms with Crippen molar-refractivity contribution in [2.24, 2.45) is 5.92 Å². The number of carbonyl (C=O) groups is 1. The molecule has 2 aliphatic rings. The zero-order valence-corrected chi connectivity index (χ0v) is 19.6. The SMILES string of the molecule is COCCCNC(=O)[C@@H]1Cc2ccc(OC)cc2N2CCN(Cc3ccc(Cl)cc3)C[C@H]12. The van der Waals surface area contributed by atoms with Crippen molar-refractivity contribution in [2.75, 3.05) is 51.9 Å². The quantitative estimate of drug-likeness (QED) is 0.616. The minimum Gasteiger partial charge on any atom is -0.497 e. The average molecular weight is 458 g/mol. The van der Waals surface area contributed by atoms with Gasteiger partial charge in [-0.15, -0.1) is 0 Å². The van der Waals surface area contributed by atoms with E-state index in [1.807, 2.05) is 18.2 Å². The highest BCUT2D eigenvalue weighted by molar-refractivity contribution is 6.30. The van der Waals surface area contributed by atoms with E-state index in [4.69, 9.17) is 21.1 Å². The zero-order valence-electron chi connectivity index (χ0n) is 18.9. The van der Waals surface area contributed by atoms with E-state index >= 15 is 0 Å². The number of benzene rings is 2. The summed E-state index contributed by atoms with van der Waals surface area (Å²) >= 11 is 6.05. The molecule has 0 unspecified atom stereocenters. The molecule has 4 rings (SSSR count). The first-order valence-corrected chi connectivity index (χ1v) is 11.6. The van der Waals surface area contributed by atoms with Crippen molar-refractivity contribution in [2.45, 2.75) is 25.4 Å². The summed E-state index contributed by atoms with van der Waals surface area (Å²) in [6.45, 7) is 4.81. The summed E-state index contributed by atoms with van der Waals surface area (Å²) in [5.41, 5.74) is 3.65. The first-order valence-electron chi connectivity index (χ1n) is 11.3. The summed E-state index contributed by atoms with van der Waals surface area (Å²) in [5, 5.41) is 3.89. The van der Waals surface area contributed by atoms with Crippen LogP contribution in [0.1, 0.15) is 17.5 Å². The molecule has 1 saturated heterocycles. The maximum Gasteiger partial charge on any atom is 0.225 e. The number of hydrogen-bond acceptors (Lipinski definition) is 5. The van der Waals surface area contributed by atoms with E-state index in [9.17, 15) is 4.79 Å². The maximum atomic E-state index is 13.2. The van der Waals surface area contributed by atoms with Gasteiger partial charge in [0.1, 0.15) is 5.75 Å². The van der Waals surface area contributed by atoms with E-state index in [1.165, 1.54) is 16.8 Å². The average Bonchev–Trinajstić information content (AvgIpc) is 2.82. The lowest BCUT2D eigenvalue weighted by molar-refractivity contribution is -0.126. The Morgan fingerprint density at radius 1 is 1.16 bits per heavy atom. The molecule has 2 atom stereocenters. The Kier molecular flexibility index (Phi) is 7.55. The Hall–Kier alpha value is -2.28. The standard InChI is InChI=1S/C25H32ClN3O3/c1-31-13-3-10-27-25(30)22-14-19-6-9-21(32-2)15-23(19)29-12-11-28(17-24(22)29)16-18-4-7-20(26)8-5-18/h4-9,15,22,24H,3,10-14,16-17H2,1-2H3,(H,27,30)/t22-,24-/m1/s1. The van der Waals surface area contributed by atoms with Crippen molar-refractivity contribution in [3.8, 4) is 5.75 Å². The van der Waals surface area contributed by atoms with Crippen molar-refractivity contribution in [3.63, 3.8) is 0 Å². The van der Waals surface area contributed by atoms with Crippen molar-refractivity contribution in [1.82, 2.24) is 10.2 Å². The van der Waals surface area contributed by atoms with E-state index in [-0.39, 0.29) is 17.9 Å². The molecular weight excluding hydrogens is 426 g/mol. The van der Waals surface area contributed by atoms with Crippen LogP contribution < -0.4 is 15.0 Å². The molecular formula is C25H32ClN3O3. The van der Waals surface area contributed by atoms with Crippen LogP contribution in [-0.4, -0.2) is 63.9 Å². The van der Waals surface area contributed by atoms with Gasteiger partial charge >= 0.3 is 0 Å². The van der Waals surface area contributed by atoms with Gasteiger partial charge in [-0.3, -0.25) is 9.69 Å². The van der Waals surface area contributed by atoms with Gasteiger partial charge in [0.25, 0.3) is 0 Å². The molecule has 2 aromatic rings. The number of nitrogens with zero attached hydrogens (tertiary/aromatic N) is 2. The Labute approximate surface area is 195 Å². The van der Waals surface area contributed by atoms with Crippen molar-refractivity contribution >= 4 is 23.2 Å². The largest absolute Gasteiger partial charge is 0.497 e. The van der Waals surface area contributed by atoms with Crippen LogP contribution in [0.5, 0.6) is 5.75 Å². The lowest BCUT2D eigenvalue weighted by atomic mass is 9.83. The number of fused-ring (bicyclic) bond motifs is 3. The third-order valence-corrected chi connectivity index (χ3v) is 6.74. The normalized spacial score (nSPS) is 20.4. The topological polar surface area (TPSA) is 54.0 Å². The second kappa shape index (κ2) is 10.6. The van der Waals surface area contributed by atoms with Gasteiger partial charge in [-0.2, -0.15) is 0 Å². The fourth-order valence-electron chi connectivity index (χ4n) is 4.81. The highest BCUT2D eigenvalue weighted by Crippen LogP contribution is 2.38. The molecule has 1 fully saturated rings. The first kappa shape index (κ1) is 22.9. The second-order valence-corrected chi connectivity index (χ2v) is 9.00. The van der Waals surface area contributed by atoms with E-state index in [0.29, 0.717) is 13.2 Å². The summed E-state index contributed by atoms with van der Waals surface area (Å²) in [4.78, 5) is 18.1. The molecule has 0 aliphatic carbocycles. The highest BCUT2D eigenvalue weighted by atomic mass is 35.5. The number of nitrogens with one attached hydrogen (secondary N) is 1. The van der Waals surface area contributed by atoms with Crippen LogP contribution >= 0.6 is 11.6 Å². The van der Waals surface area contributed by atoms with Gasteiger partial charge in [0.15, 0.2) is 0 Å². The Bertz CT molecular complexity index is 921. The fraction of sp³-hybridized carbons (Fsp3) is 0.480. The van der Waals surface area contributed by atoms with Crippen LogP contribution in [0.25, 0.3) is 0 Å². The molecule has 6 nitrogen and oxygen atoms in total. The Balaban J connectivity index is 1.53. The third kappa shape index (κ3) is 5.20. The molecule has 0 saturated carbocycles. The van der Waals surface area contributed by atoms with E-state index in [1.54, 1.807) is 14.2 Å². The van der Waals surface area contributed by atoms with Gasteiger partial charge in [-0.25, -0.2) is 0 Å². The number of rotatable bonds is 8. The molecule has 0 bridgehead atoms. The van der Waals surface area contributed by atoms with Gasteiger partial charge in [-0.05, 0) is 42.2 Å². The molecule has 2 aliphatic heterocycles. The van der Waals surface area contributed by atoms with Crippen LogP contribution in [-0.2, 0) is 22.5 Å². The van der Waals surface area contributed by atoms with Crippen molar-refractivity contribution in [1.29, 1.82) is 0 Å². The van der Waals surface area contributed by atoms with Gasteiger partial charge < -0.3 is 19.7 Å². The number of amides is 1. The molecule has 2 aromatic carbocycles. The van der Waals surface area contributed by atoms with Gasteiger partial charge in [0.2, 0.25) is 5.91 Å². The molecule has 2 heterocycles. The first-order chi connectivity index (χ1) is 15.6. The summed E-state index contributed by atoms with van der Waals surface area (Å²) in [6, 6.07) is 14.4. The van der Waals surface area contributed by atoms with E-state index in [2.05, 4.69) is 39.4 Å². The van der Waals surface area contributed by atoms with Crippen LogP contribution in [0.4, 0.5) is 5.69 Å². The molecule has 172 valence electrons. The molecule has 0 radical (unpaired) electrons. The molecule has 7 heteroatoms. The predicted octanol–water partition coefficient (Wildman–Crippen LogP) is 3.36. The monoisotopic (exact) mass is 457 g/mol. The number of piperazine rings is 1. The van der Waals surface area contributed by atoms with Crippen LogP contribution in [0, 0.1) is 5.92 Å². The number of ether oxygens (including phenoxy) is 2. The fourth-order valence-corrected chi connectivity index (χ4v) is 4.94. The highest BCUT2D eigenvalue weighted by Gasteiger charge is 2.41. The number of halogens is 1. The Morgan fingerprint density at radius 2 is 1.97 bits per heavy atom. The molecule has 32 heavy (non-hydrogen) atoms. The predicted molar refractivity (Wildman–Crippen MR) is 128 cm³/mol. The minimum absolute atomic E-state index is 0.0912. The van der Waals surface area contributed by atoms with Crippen LogP contribution in [0.3, 0.4) is 0 Å². The molecule has 0 aromatic heterocycles. The molecule has 1 amide bonds. The smallest absolute Gasteiger partial charge is 0.225 e. The van der Waals surface area contributed by atoms with Crippen molar-refractivity contribution in [3.05, 3.63) is 58.6 Å². The summed E-state index contributed by atoms with van der Waals surface area (Å²) in [5.74, 6) is 0.894.